The lowest BCUT2D eigenvalue weighted by Crippen LogP contribution is -2.01. The van der Waals surface area contributed by atoms with E-state index in [4.69, 9.17) is 10.5 Å². The number of hydrogen-bond donors (Lipinski definition) is 1. The second-order valence-electron chi connectivity index (χ2n) is 3.63. The van der Waals surface area contributed by atoms with E-state index in [-0.39, 0.29) is 5.97 Å². The number of nitrogens with two attached hydrogens (primary N) is 1. The Morgan fingerprint density at radius 1 is 1.44 bits per heavy atom. The minimum Gasteiger partial charge on any atom is -0.465 e. The summed E-state index contributed by atoms with van der Waals surface area (Å²) in [7, 11) is 1.40. The third-order valence-electron chi connectivity index (χ3n) is 2.37. The van der Waals surface area contributed by atoms with Gasteiger partial charge in [0.25, 0.3) is 0 Å². The van der Waals surface area contributed by atoms with Crippen LogP contribution in [0, 0.1) is 0 Å². The number of thioether (sulfide) groups is 1. The van der Waals surface area contributed by atoms with E-state index in [1.165, 1.54) is 18.4 Å². The molecule has 0 unspecified atom stereocenters. The van der Waals surface area contributed by atoms with E-state index in [0.29, 0.717) is 4.88 Å². The highest BCUT2D eigenvalue weighted by atomic mass is 32.2. The molecule has 2 rings (SSSR count). The number of hydrogen-bond acceptors (Lipinski definition) is 5. The maximum Gasteiger partial charge on any atom is 0.348 e. The summed E-state index contributed by atoms with van der Waals surface area (Å²) in [6.07, 6.45) is 0. The second kappa shape index (κ2) is 5.93. The Hall–Kier alpha value is -1.46. The molecule has 18 heavy (non-hydrogen) atoms. The van der Waals surface area contributed by atoms with Gasteiger partial charge in [-0.3, -0.25) is 0 Å². The SMILES string of the molecule is COC(=O)c1sccc1CSc1cccc(N)c1. The lowest BCUT2D eigenvalue weighted by atomic mass is 10.3. The molecule has 0 saturated heterocycles. The van der Waals surface area contributed by atoms with E-state index in [0.717, 1.165) is 21.9 Å². The van der Waals surface area contributed by atoms with Crippen molar-refractivity contribution in [1.29, 1.82) is 0 Å². The van der Waals surface area contributed by atoms with Crippen LogP contribution in [0.15, 0.2) is 40.6 Å². The summed E-state index contributed by atoms with van der Waals surface area (Å²) in [6, 6.07) is 9.66. The van der Waals surface area contributed by atoms with Crippen LogP contribution in [0.2, 0.25) is 0 Å². The summed E-state index contributed by atoms with van der Waals surface area (Å²) in [6.45, 7) is 0. The van der Waals surface area contributed by atoms with Gasteiger partial charge in [0.05, 0.1) is 7.11 Å². The van der Waals surface area contributed by atoms with Crippen molar-refractivity contribution in [3.05, 3.63) is 46.2 Å². The molecular weight excluding hydrogens is 266 g/mol. The first-order chi connectivity index (χ1) is 8.70. The maximum absolute atomic E-state index is 11.5. The number of thiophene rings is 1. The molecule has 5 heteroatoms. The van der Waals surface area contributed by atoms with Crippen molar-refractivity contribution in [3.63, 3.8) is 0 Å². The first-order valence-electron chi connectivity index (χ1n) is 5.33. The summed E-state index contributed by atoms with van der Waals surface area (Å²) in [4.78, 5) is 13.3. The van der Waals surface area contributed by atoms with Crippen molar-refractivity contribution in [2.75, 3.05) is 12.8 Å². The Labute approximate surface area is 114 Å². The molecule has 0 aliphatic carbocycles. The Kier molecular flexibility index (Phi) is 4.28. The highest BCUT2D eigenvalue weighted by molar-refractivity contribution is 7.98. The highest BCUT2D eigenvalue weighted by Gasteiger charge is 2.13. The molecule has 3 nitrogen and oxygen atoms in total. The summed E-state index contributed by atoms with van der Waals surface area (Å²) in [5, 5.41) is 1.90. The van der Waals surface area contributed by atoms with Crippen LogP contribution in [-0.2, 0) is 10.5 Å². The number of anilines is 1. The molecule has 1 heterocycles. The molecule has 0 radical (unpaired) electrons. The van der Waals surface area contributed by atoms with Gasteiger partial charge in [-0.25, -0.2) is 4.79 Å². The van der Waals surface area contributed by atoms with Crippen LogP contribution in [0.3, 0.4) is 0 Å². The van der Waals surface area contributed by atoms with Gasteiger partial charge in [0.15, 0.2) is 0 Å². The van der Waals surface area contributed by atoms with Gasteiger partial charge in [-0.2, -0.15) is 0 Å². The average molecular weight is 279 g/mol. The molecule has 0 saturated carbocycles. The monoisotopic (exact) mass is 279 g/mol. The fourth-order valence-electron chi connectivity index (χ4n) is 1.49. The molecule has 0 amide bonds. The van der Waals surface area contributed by atoms with Crippen molar-refractivity contribution in [1.82, 2.24) is 0 Å². The van der Waals surface area contributed by atoms with E-state index >= 15 is 0 Å². The predicted molar refractivity (Wildman–Crippen MR) is 76.1 cm³/mol. The van der Waals surface area contributed by atoms with Gasteiger partial charge in [-0.15, -0.1) is 23.1 Å². The molecule has 2 N–H and O–H groups in total. The first kappa shape index (κ1) is 13.0. The van der Waals surface area contributed by atoms with E-state index in [1.807, 2.05) is 35.7 Å². The summed E-state index contributed by atoms with van der Waals surface area (Å²) < 4.78 is 4.75. The fourth-order valence-corrected chi connectivity index (χ4v) is 3.37. The summed E-state index contributed by atoms with van der Waals surface area (Å²) >= 11 is 3.06. The Morgan fingerprint density at radius 2 is 2.28 bits per heavy atom. The van der Waals surface area contributed by atoms with Gasteiger partial charge in [-0.1, -0.05) is 6.07 Å². The number of ether oxygens (including phenoxy) is 1. The van der Waals surface area contributed by atoms with Crippen molar-refractivity contribution >= 4 is 34.8 Å². The fraction of sp³-hybridized carbons (Fsp3) is 0.154. The minimum atomic E-state index is -0.270. The largest absolute Gasteiger partial charge is 0.465 e. The second-order valence-corrected chi connectivity index (χ2v) is 5.59. The number of carbonyl (C=O) groups excluding carboxylic acids is 1. The molecule has 0 fully saturated rings. The number of nitrogen functional groups attached to an aromatic ring is 1. The normalized spacial score (nSPS) is 10.3. The average Bonchev–Trinajstić information content (AvgIpc) is 2.84. The summed E-state index contributed by atoms with van der Waals surface area (Å²) in [5.74, 6) is 0.463. The van der Waals surface area contributed by atoms with E-state index in [2.05, 4.69) is 0 Å². The molecule has 1 aromatic carbocycles. The first-order valence-corrected chi connectivity index (χ1v) is 7.20. The number of carbonyl (C=O) groups is 1. The zero-order valence-electron chi connectivity index (χ0n) is 9.88. The molecular formula is C13H13NO2S2. The number of esters is 1. The van der Waals surface area contributed by atoms with Gasteiger partial charge < -0.3 is 10.5 Å². The molecule has 0 aliphatic rings. The van der Waals surface area contributed by atoms with Crippen LogP contribution in [0.4, 0.5) is 5.69 Å². The molecule has 0 spiro atoms. The Bertz CT molecular complexity index is 551. The summed E-state index contributed by atoms with van der Waals surface area (Å²) in [5.41, 5.74) is 7.47. The molecule has 94 valence electrons. The third kappa shape index (κ3) is 3.05. The van der Waals surface area contributed by atoms with Gasteiger partial charge >= 0.3 is 5.97 Å². The van der Waals surface area contributed by atoms with Gasteiger partial charge in [0.1, 0.15) is 4.88 Å². The van der Waals surface area contributed by atoms with Crippen LogP contribution in [0.5, 0.6) is 0 Å². The standard InChI is InChI=1S/C13H13NO2S2/c1-16-13(15)12-9(5-6-17-12)8-18-11-4-2-3-10(14)7-11/h2-7H,8,14H2,1H3. The predicted octanol–water partition coefficient (Wildman–Crippen LogP) is 3.41. The number of benzene rings is 1. The smallest absolute Gasteiger partial charge is 0.348 e. The van der Waals surface area contributed by atoms with Crippen molar-refractivity contribution in [2.24, 2.45) is 0 Å². The Morgan fingerprint density at radius 3 is 3.00 bits per heavy atom. The third-order valence-corrected chi connectivity index (χ3v) is 4.35. The molecule has 0 atom stereocenters. The van der Waals surface area contributed by atoms with Crippen molar-refractivity contribution in [2.45, 2.75) is 10.6 Å². The van der Waals surface area contributed by atoms with Gasteiger partial charge in [0.2, 0.25) is 0 Å². The van der Waals surface area contributed by atoms with Crippen LogP contribution in [-0.4, -0.2) is 13.1 Å². The maximum atomic E-state index is 11.5. The topological polar surface area (TPSA) is 52.3 Å². The minimum absolute atomic E-state index is 0.270. The quantitative estimate of drug-likeness (QED) is 0.529. The van der Waals surface area contributed by atoms with E-state index in [9.17, 15) is 4.79 Å². The van der Waals surface area contributed by atoms with Crippen LogP contribution in [0.1, 0.15) is 15.2 Å². The molecule has 1 aromatic heterocycles. The van der Waals surface area contributed by atoms with Crippen molar-refractivity contribution < 1.29 is 9.53 Å². The van der Waals surface area contributed by atoms with Crippen molar-refractivity contribution in [3.8, 4) is 0 Å². The number of methoxy groups -OCH3 is 1. The highest BCUT2D eigenvalue weighted by Crippen LogP contribution is 2.28. The molecule has 0 aliphatic heterocycles. The van der Waals surface area contributed by atoms with Crippen LogP contribution < -0.4 is 5.73 Å². The molecule has 2 aromatic rings. The van der Waals surface area contributed by atoms with E-state index < -0.39 is 0 Å². The zero-order valence-corrected chi connectivity index (χ0v) is 11.5. The lowest BCUT2D eigenvalue weighted by Gasteiger charge is -2.03. The van der Waals surface area contributed by atoms with E-state index in [1.54, 1.807) is 11.8 Å². The number of rotatable bonds is 4. The lowest BCUT2D eigenvalue weighted by molar-refractivity contribution is 0.0605. The van der Waals surface area contributed by atoms with Crippen LogP contribution >= 0.6 is 23.1 Å². The Balaban J connectivity index is 2.07. The zero-order chi connectivity index (χ0) is 13.0. The van der Waals surface area contributed by atoms with Crippen LogP contribution in [0.25, 0.3) is 0 Å². The van der Waals surface area contributed by atoms with Gasteiger partial charge in [0, 0.05) is 16.3 Å². The molecule has 0 bridgehead atoms. The van der Waals surface area contributed by atoms with Gasteiger partial charge in [-0.05, 0) is 35.2 Å².